The third-order valence-corrected chi connectivity index (χ3v) is 5.44. The monoisotopic (exact) mass is 456 g/mol. The van der Waals surface area contributed by atoms with Crippen molar-refractivity contribution in [2.24, 2.45) is 0 Å². The summed E-state index contributed by atoms with van der Waals surface area (Å²) >= 11 is 21.2. The van der Waals surface area contributed by atoms with E-state index in [9.17, 15) is 0 Å². The normalized spacial score (nSPS) is 12.1. The summed E-state index contributed by atoms with van der Waals surface area (Å²) in [5, 5.41) is 0.648. The molecule has 0 bridgehead atoms. The van der Waals surface area contributed by atoms with Gasteiger partial charge in [-0.2, -0.15) is 0 Å². The maximum absolute atomic E-state index is 6.57. The van der Waals surface area contributed by atoms with Crippen molar-refractivity contribution in [3.05, 3.63) is 55.1 Å². The van der Waals surface area contributed by atoms with Crippen LogP contribution in [0.4, 0.5) is 0 Å². The Balaban J connectivity index is 2.50. The molecule has 2 rings (SSSR count). The Hall–Kier alpha value is -0.360. The molecule has 0 aliphatic heterocycles. The van der Waals surface area contributed by atoms with E-state index in [0.29, 0.717) is 21.5 Å². The minimum atomic E-state index is -0.419. The third-order valence-electron chi connectivity index (χ3n) is 3.03. The second-order valence-corrected chi connectivity index (χ2v) is 6.62. The summed E-state index contributed by atoms with van der Waals surface area (Å²) in [6.45, 7) is 0. The lowest BCUT2D eigenvalue weighted by molar-refractivity contribution is 0.392. The van der Waals surface area contributed by atoms with Crippen LogP contribution in [0.5, 0.6) is 11.5 Å². The van der Waals surface area contributed by atoms with E-state index in [2.05, 4.69) is 22.6 Å². The first kappa shape index (κ1) is 17.0. The highest BCUT2D eigenvalue weighted by Crippen LogP contribution is 2.43. The molecule has 0 amide bonds. The van der Waals surface area contributed by atoms with E-state index in [1.54, 1.807) is 20.3 Å². The Bertz CT molecular complexity index is 662. The summed E-state index contributed by atoms with van der Waals surface area (Å²) in [6.07, 6.45) is 0. The van der Waals surface area contributed by atoms with Crippen molar-refractivity contribution in [2.75, 3.05) is 14.2 Å². The molecule has 112 valence electrons. The number of hydrogen-bond donors (Lipinski definition) is 0. The van der Waals surface area contributed by atoms with Crippen LogP contribution in [0.3, 0.4) is 0 Å². The van der Waals surface area contributed by atoms with Crippen LogP contribution in [0.25, 0.3) is 0 Å². The summed E-state index contributed by atoms with van der Waals surface area (Å²) < 4.78 is 11.5. The number of ether oxygens (including phenoxy) is 2. The maximum Gasteiger partial charge on any atom is 0.146 e. The molecule has 0 N–H and O–H groups in total. The molecule has 0 saturated carbocycles. The fourth-order valence-corrected chi connectivity index (χ4v) is 3.13. The van der Waals surface area contributed by atoms with E-state index >= 15 is 0 Å². The van der Waals surface area contributed by atoms with Gasteiger partial charge in [-0.1, -0.05) is 29.3 Å². The minimum Gasteiger partial charge on any atom is -0.495 e. The molecule has 0 heterocycles. The molecule has 0 spiro atoms. The van der Waals surface area contributed by atoms with Crippen LogP contribution in [0.15, 0.2) is 30.3 Å². The standard InChI is InChI=1S/C15H12Cl3IO2/c1-20-12-6-4-9(15(21-2)14(12)18)13(17)8-3-5-11(19)10(16)7-8/h3-7,13H,1-2H3. The first-order valence-electron chi connectivity index (χ1n) is 5.99. The molecule has 2 aromatic rings. The molecular weight excluding hydrogens is 445 g/mol. The highest BCUT2D eigenvalue weighted by atomic mass is 127. The Labute approximate surface area is 152 Å². The fourth-order valence-electron chi connectivity index (χ4n) is 1.97. The number of halogens is 4. The summed E-state index contributed by atoms with van der Waals surface area (Å²) in [6, 6.07) is 9.31. The van der Waals surface area contributed by atoms with Gasteiger partial charge in [-0.3, -0.25) is 0 Å². The van der Waals surface area contributed by atoms with E-state index in [0.717, 1.165) is 14.7 Å². The van der Waals surface area contributed by atoms with E-state index in [4.69, 9.17) is 44.3 Å². The average Bonchev–Trinajstić information content (AvgIpc) is 2.49. The Morgan fingerprint density at radius 3 is 2.33 bits per heavy atom. The molecule has 1 unspecified atom stereocenters. The van der Waals surface area contributed by atoms with Gasteiger partial charge in [-0.15, -0.1) is 11.6 Å². The summed E-state index contributed by atoms with van der Waals surface area (Å²) in [5.41, 5.74) is 1.64. The van der Waals surface area contributed by atoms with Gasteiger partial charge < -0.3 is 9.47 Å². The van der Waals surface area contributed by atoms with Crippen LogP contribution in [-0.2, 0) is 0 Å². The molecule has 6 heteroatoms. The number of methoxy groups -OCH3 is 2. The zero-order valence-electron chi connectivity index (χ0n) is 11.3. The SMILES string of the molecule is COc1ccc(C(Cl)c2ccc(I)c(Cl)c2)c(OC)c1Cl. The van der Waals surface area contributed by atoms with Crippen molar-refractivity contribution in [2.45, 2.75) is 5.38 Å². The molecular formula is C15H12Cl3IO2. The largest absolute Gasteiger partial charge is 0.495 e. The molecule has 0 radical (unpaired) electrons. The molecule has 2 nitrogen and oxygen atoms in total. The zero-order chi connectivity index (χ0) is 15.6. The second-order valence-electron chi connectivity index (χ2n) is 4.24. The van der Waals surface area contributed by atoms with Gasteiger partial charge in [0.1, 0.15) is 16.5 Å². The van der Waals surface area contributed by atoms with Crippen molar-refractivity contribution in [3.8, 4) is 11.5 Å². The minimum absolute atomic E-state index is 0.403. The lowest BCUT2D eigenvalue weighted by Gasteiger charge is -2.17. The number of hydrogen-bond acceptors (Lipinski definition) is 2. The number of rotatable bonds is 4. The highest BCUT2D eigenvalue weighted by molar-refractivity contribution is 14.1. The first-order valence-corrected chi connectivity index (χ1v) is 8.26. The smallest absolute Gasteiger partial charge is 0.146 e. The maximum atomic E-state index is 6.57. The van der Waals surface area contributed by atoms with Crippen molar-refractivity contribution in [3.63, 3.8) is 0 Å². The Morgan fingerprint density at radius 1 is 1.05 bits per heavy atom. The van der Waals surface area contributed by atoms with Crippen molar-refractivity contribution in [1.29, 1.82) is 0 Å². The van der Waals surface area contributed by atoms with Gasteiger partial charge in [0.25, 0.3) is 0 Å². The van der Waals surface area contributed by atoms with Crippen LogP contribution in [0.1, 0.15) is 16.5 Å². The van der Waals surface area contributed by atoms with Crippen LogP contribution in [0, 0.1) is 3.57 Å². The van der Waals surface area contributed by atoms with Crippen LogP contribution in [-0.4, -0.2) is 14.2 Å². The predicted octanol–water partition coefficient (Wildman–Crippen LogP) is 5.94. The van der Waals surface area contributed by atoms with Gasteiger partial charge in [0.2, 0.25) is 0 Å². The van der Waals surface area contributed by atoms with Crippen LogP contribution < -0.4 is 9.47 Å². The lowest BCUT2D eigenvalue weighted by atomic mass is 10.0. The highest BCUT2D eigenvalue weighted by Gasteiger charge is 2.21. The summed E-state index contributed by atoms with van der Waals surface area (Å²) in [7, 11) is 3.10. The Kier molecular flexibility index (Phi) is 5.88. The second kappa shape index (κ2) is 7.27. The van der Waals surface area contributed by atoms with E-state index in [1.165, 1.54) is 0 Å². The van der Waals surface area contributed by atoms with Crippen molar-refractivity contribution >= 4 is 57.4 Å². The van der Waals surface area contributed by atoms with E-state index < -0.39 is 5.38 Å². The van der Waals surface area contributed by atoms with Gasteiger partial charge in [-0.05, 0) is 52.4 Å². The molecule has 0 fully saturated rings. The topological polar surface area (TPSA) is 18.5 Å². The third kappa shape index (κ3) is 3.52. The average molecular weight is 458 g/mol. The molecule has 0 aliphatic rings. The predicted molar refractivity (Wildman–Crippen MR) is 96.4 cm³/mol. The van der Waals surface area contributed by atoms with Gasteiger partial charge in [0.05, 0.1) is 24.6 Å². The molecule has 0 aliphatic carbocycles. The molecule has 21 heavy (non-hydrogen) atoms. The number of benzene rings is 2. The van der Waals surface area contributed by atoms with Gasteiger partial charge in [-0.25, -0.2) is 0 Å². The van der Waals surface area contributed by atoms with E-state index in [1.807, 2.05) is 24.3 Å². The molecule has 2 aromatic carbocycles. The van der Waals surface area contributed by atoms with E-state index in [-0.39, 0.29) is 0 Å². The lowest BCUT2D eigenvalue weighted by Crippen LogP contribution is -2.00. The quantitative estimate of drug-likeness (QED) is 0.418. The molecule has 0 aromatic heterocycles. The first-order chi connectivity index (χ1) is 9.99. The summed E-state index contributed by atoms with van der Waals surface area (Å²) in [5.74, 6) is 1.05. The zero-order valence-corrected chi connectivity index (χ0v) is 15.7. The fraction of sp³-hybridized carbons (Fsp3) is 0.200. The Morgan fingerprint density at radius 2 is 1.76 bits per heavy atom. The van der Waals surface area contributed by atoms with Crippen LogP contribution in [0.2, 0.25) is 10.0 Å². The number of alkyl halides is 1. The molecule has 0 saturated heterocycles. The van der Waals surface area contributed by atoms with Gasteiger partial charge in [0.15, 0.2) is 0 Å². The van der Waals surface area contributed by atoms with Gasteiger partial charge >= 0.3 is 0 Å². The van der Waals surface area contributed by atoms with Crippen molar-refractivity contribution < 1.29 is 9.47 Å². The van der Waals surface area contributed by atoms with Crippen molar-refractivity contribution in [1.82, 2.24) is 0 Å². The van der Waals surface area contributed by atoms with Crippen LogP contribution >= 0.6 is 57.4 Å². The molecule has 1 atom stereocenters. The summed E-state index contributed by atoms with van der Waals surface area (Å²) in [4.78, 5) is 0. The van der Waals surface area contributed by atoms with Gasteiger partial charge in [0, 0.05) is 9.13 Å².